The van der Waals surface area contributed by atoms with E-state index in [1.54, 1.807) is 5.19 Å². The summed E-state index contributed by atoms with van der Waals surface area (Å²) in [7, 11) is -0.255. The molecule has 0 aliphatic heterocycles. The Morgan fingerprint density at radius 3 is 2.00 bits per heavy atom. The molecule has 0 saturated carbocycles. The van der Waals surface area contributed by atoms with Gasteiger partial charge in [0.25, 0.3) is 0 Å². The maximum atomic E-state index is 2.42. The third-order valence-corrected chi connectivity index (χ3v) is 6.38. The molecule has 0 N–H and O–H groups in total. The fourth-order valence-corrected chi connectivity index (χ4v) is 4.95. The second-order valence-electron chi connectivity index (χ2n) is 6.31. The van der Waals surface area contributed by atoms with Crippen molar-refractivity contribution in [2.75, 3.05) is 0 Å². The molecule has 104 valence electrons. The van der Waals surface area contributed by atoms with E-state index in [0.29, 0.717) is 0 Å². The molecule has 0 fully saturated rings. The van der Waals surface area contributed by atoms with Gasteiger partial charge in [-0.25, -0.2) is 0 Å². The van der Waals surface area contributed by atoms with E-state index < -0.39 is 8.07 Å². The number of rotatable bonds is 3. The summed E-state index contributed by atoms with van der Waals surface area (Å²) < 4.78 is 0. The lowest BCUT2D eigenvalue weighted by atomic mass is 9.96. The zero-order valence-corrected chi connectivity index (χ0v) is 16.2. The second kappa shape index (κ2) is 5.94. The van der Waals surface area contributed by atoms with E-state index in [1.165, 1.54) is 22.3 Å². The molecule has 2 aromatic carbocycles. The van der Waals surface area contributed by atoms with Crippen molar-refractivity contribution in [1.82, 2.24) is 0 Å². The van der Waals surface area contributed by atoms with Gasteiger partial charge in [0.15, 0.2) is 0 Å². The lowest BCUT2D eigenvalue weighted by Gasteiger charge is -2.23. The van der Waals surface area contributed by atoms with Crippen molar-refractivity contribution in [3.8, 4) is 0 Å². The lowest BCUT2D eigenvalue weighted by Crippen LogP contribution is -2.39. The quantitative estimate of drug-likeness (QED) is 0.763. The number of benzene rings is 2. The first-order valence-corrected chi connectivity index (χ1v) is 11.9. The van der Waals surface area contributed by atoms with Crippen LogP contribution in [0.5, 0.6) is 0 Å². The molecule has 0 radical (unpaired) electrons. The van der Waals surface area contributed by atoms with Crippen LogP contribution in [0.1, 0.15) is 16.7 Å². The first kappa shape index (κ1) is 15.0. The average Bonchev–Trinajstić information content (AvgIpc) is 2.41. The molecule has 0 heterocycles. The van der Waals surface area contributed by atoms with Crippen molar-refractivity contribution in [3.63, 3.8) is 0 Å². The first-order chi connectivity index (χ1) is 9.45. The molecule has 0 spiro atoms. The highest BCUT2D eigenvalue weighted by molar-refractivity contribution is 6.89. The van der Waals surface area contributed by atoms with Gasteiger partial charge in [-0.2, -0.15) is 0 Å². The highest BCUT2D eigenvalue weighted by Gasteiger charge is 2.21. The predicted molar refractivity (Wildman–Crippen MR) is 97.6 cm³/mol. The van der Waals surface area contributed by atoms with Crippen molar-refractivity contribution in [2.45, 2.75) is 26.6 Å². The molecule has 2 rings (SSSR count). The minimum atomic E-state index is -1.33. The second-order valence-corrected chi connectivity index (χ2v) is 11.9. The summed E-state index contributed by atoms with van der Waals surface area (Å²) in [5.74, 6) is 0. The Morgan fingerprint density at radius 2 is 1.45 bits per heavy atom. The molecule has 2 aromatic rings. The zero-order valence-electron chi connectivity index (χ0n) is 13.2. The monoisotopic (exact) mass is 296 g/mol. The van der Waals surface area contributed by atoms with Crippen LogP contribution in [-0.4, -0.2) is 18.3 Å². The Balaban J connectivity index is 2.64. The van der Waals surface area contributed by atoms with Gasteiger partial charge < -0.3 is 0 Å². The van der Waals surface area contributed by atoms with Crippen molar-refractivity contribution in [2.24, 2.45) is 0 Å². The van der Waals surface area contributed by atoms with Crippen LogP contribution in [0.25, 0.3) is 5.57 Å². The third kappa shape index (κ3) is 3.02. The smallest absolute Gasteiger partial charge is 0.0784 e. The van der Waals surface area contributed by atoms with Gasteiger partial charge in [-0.05, 0) is 29.2 Å². The van der Waals surface area contributed by atoms with E-state index in [9.17, 15) is 0 Å². The maximum Gasteiger partial charge on any atom is 0.0784 e. The normalized spacial score (nSPS) is 12.7. The van der Waals surface area contributed by atoms with Crippen LogP contribution in [0, 0.1) is 6.92 Å². The van der Waals surface area contributed by atoms with Crippen LogP contribution < -0.4 is 5.19 Å². The molecule has 0 bridgehead atoms. The molecule has 0 aromatic heterocycles. The highest BCUT2D eigenvalue weighted by atomic mass is 28.3. The fraction of sp³-hybridized carbons (Fsp3) is 0.222. The van der Waals surface area contributed by atoms with Crippen LogP contribution in [-0.2, 0) is 0 Å². The van der Waals surface area contributed by atoms with Gasteiger partial charge in [0, 0.05) is 10.2 Å². The summed E-state index contributed by atoms with van der Waals surface area (Å²) in [4.78, 5) is 0. The van der Waals surface area contributed by atoms with Gasteiger partial charge in [0.05, 0.1) is 8.07 Å². The summed E-state index contributed by atoms with van der Waals surface area (Å²) in [5, 5.41) is 1.56. The standard InChI is InChI=1S/C18H24Si2/c1-14-9-5-6-10-15(14)17(13-19)16-11-7-8-12-18(16)20(2,3)4/h5-13H,1-4,19H3. The molecule has 0 nitrogen and oxygen atoms in total. The Labute approximate surface area is 127 Å². The van der Waals surface area contributed by atoms with Gasteiger partial charge in [-0.3, -0.25) is 0 Å². The van der Waals surface area contributed by atoms with Crippen LogP contribution >= 0.6 is 0 Å². The van der Waals surface area contributed by atoms with E-state index in [2.05, 4.69) is 80.8 Å². The molecule has 0 unspecified atom stereocenters. The number of hydrogen-bond donors (Lipinski definition) is 0. The molecule has 0 aliphatic rings. The summed E-state index contributed by atoms with van der Waals surface area (Å²) in [6.45, 7) is 9.48. The molecule has 0 aliphatic carbocycles. The molecular formula is C18H24Si2. The predicted octanol–water partition coefficient (Wildman–Crippen LogP) is 3.29. The van der Waals surface area contributed by atoms with E-state index in [-0.39, 0.29) is 0 Å². The lowest BCUT2D eigenvalue weighted by molar-refractivity contribution is 1.42. The Morgan fingerprint density at radius 1 is 0.900 bits per heavy atom. The summed E-state index contributed by atoms with van der Waals surface area (Å²) >= 11 is 0. The Hall–Kier alpha value is -1.39. The molecular weight excluding hydrogens is 272 g/mol. The van der Waals surface area contributed by atoms with Gasteiger partial charge in [0.1, 0.15) is 0 Å². The SMILES string of the molecule is Cc1ccccc1C(=C[SiH3])c1ccccc1[Si](C)(C)C. The minimum Gasteiger partial charge on any atom is -0.0971 e. The van der Waals surface area contributed by atoms with E-state index in [0.717, 1.165) is 10.2 Å². The molecule has 0 atom stereocenters. The maximum absolute atomic E-state index is 2.42. The molecule has 0 amide bonds. The van der Waals surface area contributed by atoms with E-state index in [1.807, 2.05) is 0 Å². The van der Waals surface area contributed by atoms with Gasteiger partial charge >= 0.3 is 0 Å². The van der Waals surface area contributed by atoms with Crippen molar-refractivity contribution >= 4 is 29.1 Å². The summed E-state index contributed by atoms with van der Waals surface area (Å²) in [6.07, 6.45) is 0. The molecule has 2 heteroatoms. The largest absolute Gasteiger partial charge is 0.0971 e. The number of hydrogen-bond acceptors (Lipinski definition) is 0. The van der Waals surface area contributed by atoms with Crippen molar-refractivity contribution in [1.29, 1.82) is 0 Å². The minimum absolute atomic E-state index is 1.08. The van der Waals surface area contributed by atoms with Crippen molar-refractivity contribution < 1.29 is 0 Å². The third-order valence-electron chi connectivity index (χ3n) is 3.75. The van der Waals surface area contributed by atoms with Crippen LogP contribution in [0.3, 0.4) is 0 Å². The van der Waals surface area contributed by atoms with Crippen LogP contribution in [0.2, 0.25) is 19.6 Å². The van der Waals surface area contributed by atoms with E-state index in [4.69, 9.17) is 0 Å². The topological polar surface area (TPSA) is 0 Å². The number of aryl methyl sites for hydroxylation is 1. The molecule has 0 saturated heterocycles. The van der Waals surface area contributed by atoms with Crippen LogP contribution in [0.4, 0.5) is 0 Å². The van der Waals surface area contributed by atoms with Crippen molar-refractivity contribution in [3.05, 3.63) is 70.9 Å². The highest BCUT2D eigenvalue weighted by Crippen LogP contribution is 2.26. The summed E-state index contributed by atoms with van der Waals surface area (Å²) in [5.41, 5.74) is 8.00. The van der Waals surface area contributed by atoms with E-state index >= 15 is 0 Å². The van der Waals surface area contributed by atoms with Crippen LogP contribution in [0.15, 0.2) is 54.2 Å². The van der Waals surface area contributed by atoms with Gasteiger partial charge in [0.2, 0.25) is 0 Å². The zero-order chi connectivity index (χ0) is 14.8. The molecule has 20 heavy (non-hydrogen) atoms. The first-order valence-electron chi connectivity index (χ1n) is 7.27. The summed E-state index contributed by atoms with van der Waals surface area (Å²) in [6, 6.07) is 17.7. The Kier molecular flexibility index (Phi) is 4.46. The average molecular weight is 297 g/mol. The Bertz CT molecular complexity index is 634. The fourth-order valence-electron chi connectivity index (χ4n) is 2.70. The van der Waals surface area contributed by atoms with Gasteiger partial charge in [-0.1, -0.05) is 79.1 Å². The van der Waals surface area contributed by atoms with Gasteiger partial charge in [-0.15, -0.1) is 0 Å².